The molecule has 0 aliphatic carbocycles. The highest BCUT2D eigenvalue weighted by Gasteiger charge is 2.40. The Hall–Kier alpha value is -1.50. The lowest BCUT2D eigenvalue weighted by molar-refractivity contribution is -0.168. The summed E-state index contributed by atoms with van der Waals surface area (Å²) in [6.45, 7) is 24.3. The van der Waals surface area contributed by atoms with Crippen LogP contribution in [0.2, 0.25) is 0 Å². The van der Waals surface area contributed by atoms with E-state index in [2.05, 4.69) is 46.2 Å². The molecule has 0 aliphatic rings. The number of thiocarbonyl (C=S) groups is 1. The summed E-state index contributed by atoms with van der Waals surface area (Å²) < 4.78 is 10.6. The first-order valence-electron chi connectivity index (χ1n) is 14.1. The van der Waals surface area contributed by atoms with Crippen molar-refractivity contribution in [3.05, 3.63) is 37.0 Å². The van der Waals surface area contributed by atoms with Gasteiger partial charge in [-0.25, -0.2) is 4.79 Å². The van der Waals surface area contributed by atoms with Gasteiger partial charge >= 0.3 is 5.97 Å². The number of rotatable bonds is 17. The van der Waals surface area contributed by atoms with E-state index in [0.29, 0.717) is 15.7 Å². The first-order chi connectivity index (χ1) is 19.2. The lowest BCUT2D eigenvalue weighted by Crippen LogP contribution is -2.53. The first kappa shape index (κ1) is 42.6. The molecule has 1 amide bonds. The van der Waals surface area contributed by atoms with Gasteiger partial charge in [0.1, 0.15) is 9.63 Å². The zero-order chi connectivity index (χ0) is 33.3. The third kappa shape index (κ3) is 17.0. The molecule has 42 heavy (non-hydrogen) atoms. The number of nitrogens with one attached hydrogen (secondary N) is 1. The molecule has 0 spiro atoms. The summed E-state index contributed by atoms with van der Waals surface area (Å²) in [4.78, 5) is 37.0. The summed E-state index contributed by atoms with van der Waals surface area (Å²) in [6, 6.07) is 0. The molecule has 0 aliphatic heterocycles. The number of carbonyl (C=O) groups is 3. The van der Waals surface area contributed by atoms with Crippen LogP contribution in [0.1, 0.15) is 81.6 Å². The first-order valence-corrected chi connectivity index (χ1v) is 16.3. The molecule has 0 saturated heterocycles. The Morgan fingerprint density at radius 1 is 1.12 bits per heavy atom. The summed E-state index contributed by atoms with van der Waals surface area (Å²) in [5.41, 5.74) is 5.20. The van der Waals surface area contributed by atoms with Gasteiger partial charge in [0, 0.05) is 17.5 Å². The normalized spacial score (nSPS) is 15.6. The minimum absolute atomic E-state index is 0.0487. The van der Waals surface area contributed by atoms with Crippen molar-refractivity contribution in [2.75, 3.05) is 19.4 Å². The van der Waals surface area contributed by atoms with Gasteiger partial charge in [0.15, 0.2) is 11.8 Å². The summed E-state index contributed by atoms with van der Waals surface area (Å²) in [7, 11) is 1.64. The second-order valence-electron chi connectivity index (χ2n) is 11.5. The zero-order valence-electron chi connectivity index (χ0n) is 27.2. The second kappa shape index (κ2) is 20.5. The van der Waals surface area contributed by atoms with Crippen molar-refractivity contribution in [3.8, 4) is 0 Å². The highest BCUT2D eigenvalue weighted by atomic mass is 32.2. The predicted molar refractivity (Wildman–Crippen MR) is 183 cm³/mol. The van der Waals surface area contributed by atoms with Gasteiger partial charge in [0.05, 0.1) is 12.5 Å². The average Bonchev–Trinajstić information content (AvgIpc) is 2.88. The zero-order valence-corrected chi connectivity index (χ0v) is 29.7. The molecule has 0 aromatic heterocycles. The van der Waals surface area contributed by atoms with Crippen molar-refractivity contribution < 1.29 is 29.0 Å². The monoisotopic (exact) mass is 646 g/mol. The van der Waals surface area contributed by atoms with Gasteiger partial charge < -0.3 is 19.9 Å². The molecule has 0 saturated carbocycles. The second-order valence-corrected chi connectivity index (χ2v) is 15.4. The summed E-state index contributed by atoms with van der Waals surface area (Å²) in [5.74, 6) is -1.48. The van der Waals surface area contributed by atoms with Crippen molar-refractivity contribution >= 4 is 56.9 Å². The van der Waals surface area contributed by atoms with E-state index in [9.17, 15) is 19.5 Å². The Labute approximate surface area is 268 Å². The molecule has 242 valence electrons. The van der Waals surface area contributed by atoms with Gasteiger partial charge in [-0.2, -0.15) is 0 Å². The van der Waals surface area contributed by atoms with Crippen LogP contribution in [-0.2, 0) is 23.9 Å². The summed E-state index contributed by atoms with van der Waals surface area (Å²) >= 11 is 8.44. The molecule has 0 aromatic carbocycles. The third-order valence-electron chi connectivity index (χ3n) is 5.98. The van der Waals surface area contributed by atoms with Crippen LogP contribution < -0.4 is 11.1 Å². The van der Waals surface area contributed by atoms with Crippen LogP contribution in [0.25, 0.3) is 0 Å². The van der Waals surface area contributed by atoms with Crippen LogP contribution in [0.5, 0.6) is 0 Å². The predicted octanol–water partition coefficient (Wildman–Crippen LogP) is 5.97. The molecular formula is C31H54N2O6S3. The topological polar surface area (TPSA) is 128 Å². The molecule has 11 heteroatoms. The molecule has 0 bridgehead atoms. The van der Waals surface area contributed by atoms with Crippen LogP contribution in [-0.4, -0.2) is 68.4 Å². The maximum absolute atomic E-state index is 13.0. The van der Waals surface area contributed by atoms with E-state index in [1.54, 1.807) is 13.1 Å². The molecule has 0 rings (SSSR count). The number of hydrogen-bond acceptors (Lipinski definition) is 10. The average molecular weight is 647 g/mol. The maximum Gasteiger partial charge on any atom is 0.335 e. The summed E-state index contributed by atoms with van der Waals surface area (Å²) in [5, 5.41) is 12.1. The molecule has 2 unspecified atom stereocenters. The lowest BCUT2D eigenvalue weighted by Gasteiger charge is -2.38. The van der Waals surface area contributed by atoms with E-state index in [0.717, 1.165) is 12.0 Å². The highest BCUT2D eigenvalue weighted by molar-refractivity contribution is 8.47. The number of amides is 1. The number of hydrogen-bond donors (Lipinski definition) is 3. The van der Waals surface area contributed by atoms with Crippen molar-refractivity contribution in [1.82, 2.24) is 5.32 Å². The van der Waals surface area contributed by atoms with Crippen LogP contribution in [0.15, 0.2) is 37.0 Å². The molecule has 4 atom stereocenters. The minimum Gasteiger partial charge on any atom is -0.453 e. The number of thioether (sulfide) groups is 2. The maximum atomic E-state index is 13.0. The van der Waals surface area contributed by atoms with Crippen molar-refractivity contribution in [2.45, 2.75) is 104 Å². The highest BCUT2D eigenvalue weighted by Crippen LogP contribution is 2.44. The fourth-order valence-electron chi connectivity index (χ4n) is 3.85. The smallest absolute Gasteiger partial charge is 0.335 e. The number of Topliss-reactive ketones (excluding diaryl/α,β-unsaturated/α-hetero) is 1. The van der Waals surface area contributed by atoms with E-state index in [1.165, 1.54) is 50.7 Å². The van der Waals surface area contributed by atoms with Crippen LogP contribution in [0.4, 0.5) is 0 Å². The number of ketones is 1. The molecule has 0 heterocycles. The number of esters is 1. The van der Waals surface area contributed by atoms with E-state index < -0.39 is 34.4 Å². The Morgan fingerprint density at radius 3 is 2.12 bits per heavy atom. The Kier molecular flexibility index (Phi) is 20.8. The van der Waals surface area contributed by atoms with Gasteiger partial charge in [0.2, 0.25) is 11.7 Å². The van der Waals surface area contributed by atoms with Crippen LogP contribution in [0, 0.1) is 11.3 Å². The Bertz CT molecular complexity index is 945. The Balaban J connectivity index is 0. The van der Waals surface area contributed by atoms with Crippen LogP contribution in [0.3, 0.4) is 0 Å². The van der Waals surface area contributed by atoms with E-state index in [1.807, 2.05) is 26.0 Å². The van der Waals surface area contributed by atoms with Gasteiger partial charge in [0.25, 0.3) is 0 Å². The fourth-order valence-corrected chi connectivity index (χ4v) is 6.97. The van der Waals surface area contributed by atoms with E-state index in [4.69, 9.17) is 27.4 Å². The van der Waals surface area contributed by atoms with Gasteiger partial charge in [-0.1, -0.05) is 77.7 Å². The number of nitrogens with two attached hydrogens (primary N) is 1. The molecular weight excluding hydrogens is 593 g/mol. The van der Waals surface area contributed by atoms with Crippen molar-refractivity contribution in [2.24, 2.45) is 17.1 Å². The number of ether oxygens (including phenoxy) is 2. The van der Waals surface area contributed by atoms with Crippen molar-refractivity contribution in [1.29, 1.82) is 0 Å². The van der Waals surface area contributed by atoms with E-state index >= 15 is 0 Å². The summed E-state index contributed by atoms with van der Waals surface area (Å²) in [6.07, 6.45) is 5.59. The van der Waals surface area contributed by atoms with E-state index in [-0.39, 0.29) is 23.8 Å². The van der Waals surface area contributed by atoms with Crippen molar-refractivity contribution in [3.63, 3.8) is 0 Å². The minimum atomic E-state index is -1.69. The van der Waals surface area contributed by atoms with Gasteiger partial charge in [-0.15, -0.1) is 23.5 Å². The Morgan fingerprint density at radius 2 is 1.67 bits per heavy atom. The molecule has 0 radical (unpaired) electrons. The molecule has 4 N–H and O–H groups in total. The van der Waals surface area contributed by atoms with Gasteiger partial charge in [-0.3, -0.25) is 15.3 Å². The number of carbonyl (C=O) groups excluding carboxylic acids is 3. The molecule has 0 aromatic rings. The molecule has 0 fully saturated rings. The largest absolute Gasteiger partial charge is 0.453 e. The third-order valence-corrected chi connectivity index (χ3v) is 8.77. The fraction of sp³-hybridized carbons (Fsp3) is 0.677. The lowest BCUT2D eigenvalue weighted by atomic mass is 9.74. The number of allylic oxidation sites excluding steroid dienone is 4. The number of aliphatic hydroxyl groups excluding tert-OH is 1. The SMILES string of the molecule is C=C/C=C(\C=C)CC(C)(C)CC(C(=O)NC)C(C)(C)SC(=S)SCCOC(C)(N)C(=O)[C@H](C)OC(=O)[C@@H](C)O.CCC. The molecule has 8 nitrogen and oxygen atoms in total. The number of aliphatic hydroxyl groups is 1. The van der Waals surface area contributed by atoms with Gasteiger partial charge in [-0.05, 0) is 58.4 Å². The van der Waals surface area contributed by atoms with Crippen LogP contribution >= 0.6 is 35.7 Å². The quantitative estimate of drug-likeness (QED) is 0.0572. The standard InChI is InChI=1S/C28H46N2O6S3.C3H8/c1-11-13-20(12-2)16-26(5,6)17-21(23(33)30-10)27(7,8)39-25(37)38-15-14-35-28(9,29)22(32)19(4)36-24(34)18(3)31;1-3-2/h11-13,18-19,21,31H,1-2,14-17,29H2,3-10H3,(H,30,33);3H2,1-2H3/b20-13+;/t18-,19+,21?,28?;/m1./s1.